The molecule has 2 heterocycles. The predicted molar refractivity (Wildman–Crippen MR) is 82.5 cm³/mol. The summed E-state index contributed by atoms with van der Waals surface area (Å²) in [6, 6.07) is 8.65. The van der Waals surface area contributed by atoms with Crippen molar-refractivity contribution in [3.8, 4) is 0 Å². The van der Waals surface area contributed by atoms with Crippen molar-refractivity contribution < 1.29 is 9.90 Å². The fraction of sp³-hybridized carbons (Fsp3) is 0.588. The summed E-state index contributed by atoms with van der Waals surface area (Å²) in [5.41, 5.74) is 1.55. The Bertz CT molecular complexity index is 500. The molecule has 1 aromatic carbocycles. The predicted octanol–water partition coefficient (Wildman–Crippen LogP) is 2.44. The highest BCUT2D eigenvalue weighted by Crippen LogP contribution is 2.30. The van der Waals surface area contributed by atoms with Crippen LogP contribution in [-0.4, -0.2) is 53.1 Å². The van der Waals surface area contributed by atoms with E-state index in [0.29, 0.717) is 11.6 Å². The van der Waals surface area contributed by atoms with Crippen molar-refractivity contribution in [1.29, 1.82) is 0 Å². The smallest absolute Gasteiger partial charge is 0.335 e. The van der Waals surface area contributed by atoms with E-state index < -0.39 is 5.97 Å². The number of benzene rings is 1. The molecule has 2 unspecified atom stereocenters. The van der Waals surface area contributed by atoms with Crippen LogP contribution in [-0.2, 0) is 6.54 Å². The number of aromatic carboxylic acids is 1. The van der Waals surface area contributed by atoms with Gasteiger partial charge in [0, 0.05) is 25.2 Å². The molecule has 0 saturated carbocycles. The molecule has 114 valence electrons. The third-order valence-corrected chi connectivity index (χ3v) is 5.02. The first kappa shape index (κ1) is 14.5. The Labute approximate surface area is 126 Å². The van der Waals surface area contributed by atoms with Gasteiger partial charge < -0.3 is 5.11 Å². The van der Waals surface area contributed by atoms with Crippen LogP contribution in [0.5, 0.6) is 0 Å². The minimum atomic E-state index is -0.858. The largest absolute Gasteiger partial charge is 0.478 e. The Morgan fingerprint density at radius 2 is 2.00 bits per heavy atom. The van der Waals surface area contributed by atoms with Gasteiger partial charge in [0.05, 0.1) is 5.56 Å². The molecule has 0 aromatic heterocycles. The second-order valence-electron chi connectivity index (χ2n) is 6.37. The number of carboxylic acids is 1. The van der Waals surface area contributed by atoms with Crippen LogP contribution in [0.4, 0.5) is 0 Å². The Balaban J connectivity index is 1.63. The molecular weight excluding hydrogens is 264 g/mol. The molecule has 0 aliphatic carbocycles. The Kier molecular flexibility index (Phi) is 4.27. The Morgan fingerprint density at radius 3 is 2.71 bits per heavy atom. The van der Waals surface area contributed by atoms with Crippen molar-refractivity contribution in [2.45, 2.75) is 44.3 Å². The van der Waals surface area contributed by atoms with Crippen LogP contribution in [0.3, 0.4) is 0 Å². The van der Waals surface area contributed by atoms with Gasteiger partial charge in [-0.15, -0.1) is 0 Å². The highest BCUT2D eigenvalue weighted by atomic mass is 16.4. The number of carbonyl (C=O) groups is 1. The summed E-state index contributed by atoms with van der Waals surface area (Å²) in [6.45, 7) is 3.40. The fourth-order valence-electron chi connectivity index (χ4n) is 3.89. The van der Waals surface area contributed by atoms with Crippen molar-refractivity contribution in [1.82, 2.24) is 9.80 Å². The summed E-state index contributed by atoms with van der Waals surface area (Å²) in [6.07, 6.45) is 5.30. The van der Waals surface area contributed by atoms with Gasteiger partial charge in [0.2, 0.25) is 0 Å². The molecule has 2 aliphatic rings. The monoisotopic (exact) mass is 288 g/mol. The zero-order chi connectivity index (χ0) is 14.8. The van der Waals surface area contributed by atoms with E-state index in [9.17, 15) is 4.79 Å². The first-order valence-electron chi connectivity index (χ1n) is 7.91. The van der Waals surface area contributed by atoms with Crippen molar-refractivity contribution >= 4 is 5.97 Å². The van der Waals surface area contributed by atoms with Gasteiger partial charge in [-0.2, -0.15) is 0 Å². The molecule has 0 amide bonds. The van der Waals surface area contributed by atoms with Crippen LogP contribution in [0.1, 0.15) is 41.6 Å². The summed E-state index contributed by atoms with van der Waals surface area (Å²) < 4.78 is 0. The van der Waals surface area contributed by atoms with E-state index in [1.54, 1.807) is 12.1 Å². The second kappa shape index (κ2) is 6.16. The minimum Gasteiger partial charge on any atom is -0.478 e. The van der Waals surface area contributed by atoms with E-state index in [2.05, 4.69) is 16.8 Å². The maximum Gasteiger partial charge on any atom is 0.335 e. The molecule has 2 aliphatic heterocycles. The average Bonchev–Trinajstić information content (AvgIpc) is 2.92. The maximum absolute atomic E-state index is 10.9. The number of hydrogen-bond acceptors (Lipinski definition) is 3. The molecule has 1 aromatic rings. The van der Waals surface area contributed by atoms with E-state index in [1.165, 1.54) is 44.3 Å². The molecule has 2 atom stereocenters. The first-order valence-corrected chi connectivity index (χ1v) is 7.91. The minimum absolute atomic E-state index is 0.362. The SMILES string of the molecule is CN(Cc1ccc(C(=O)O)cc1)C1CCN2CCCCC12. The van der Waals surface area contributed by atoms with Crippen molar-refractivity contribution in [2.75, 3.05) is 20.1 Å². The maximum atomic E-state index is 10.9. The quantitative estimate of drug-likeness (QED) is 0.924. The summed E-state index contributed by atoms with van der Waals surface area (Å²) in [7, 11) is 2.20. The third-order valence-electron chi connectivity index (χ3n) is 5.02. The van der Waals surface area contributed by atoms with E-state index in [1.807, 2.05) is 12.1 Å². The lowest BCUT2D eigenvalue weighted by molar-refractivity contribution is 0.0697. The number of piperidine rings is 1. The van der Waals surface area contributed by atoms with Crippen LogP contribution in [0, 0.1) is 0 Å². The number of likely N-dealkylation sites (N-methyl/N-ethyl adjacent to an activating group) is 1. The molecule has 3 rings (SSSR count). The summed E-state index contributed by atoms with van der Waals surface area (Å²) in [5.74, 6) is -0.858. The van der Waals surface area contributed by atoms with Gasteiger partial charge in [0.1, 0.15) is 0 Å². The molecule has 2 fully saturated rings. The zero-order valence-electron chi connectivity index (χ0n) is 12.7. The van der Waals surface area contributed by atoms with Gasteiger partial charge in [-0.1, -0.05) is 18.6 Å². The van der Waals surface area contributed by atoms with Crippen molar-refractivity contribution in [2.24, 2.45) is 0 Å². The third kappa shape index (κ3) is 3.11. The zero-order valence-corrected chi connectivity index (χ0v) is 12.7. The highest BCUT2D eigenvalue weighted by molar-refractivity contribution is 5.87. The van der Waals surface area contributed by atoms with Gasteiger partial charge in [0.15, 0.2) is 0 Å². The summed E-state index contributed by atoms with van der Waals surface area (Å²) in [4.78, 5) is 16.0. The lowest BCUT2D eigenvalue weighted by atomic mass is 9.98. The van der Waals surface area contributed by atoms with Crippen LogP contribution in [0.15, 0.2) is 24.3 Å². The van der Waals surface area contributed by atoms with Gasteiger partial charge in [-0.05, 0) is 50.6 Å². The van der Waals surface area contributed by atoms with E-state index >= 15 is 0 Å². The van der Waals surface area contributed by atoms with Gasteiger partial charge in [0.25, 0.3) is 0 Å². The van der Waals surface area contributed by atoms with E-state index in [-0.39, 0.29) is 0 Å². The van der Waals surface area contributed by atoms with Crippen LogP contribution in [0.2, 0.25) is 0 Å². The second-order valence-corrected chi connectivity index (χ2v) is 6.37. The first-order chi connectivity index (χ1) is 10.1. The number of carboxylic acid groups (broad SMARTS) is 1. The Morgan fingerprint density at radius 1 is 1.24 bits per heavy atom. The standard InChI is InChI=1S/C17H24N2O2/c1-18(12-13-5-7-14(8-6-13)17(20)21)15-9-11-19-10-3-2-4-16(15)19/h5-8,15-16H,2-4,9-12H2,1H3,(H,20,21). The van der Waals surface area contributed by atoms with Crippen LogP contribution < -0.4 is 0 Å². The average molecular weight is 288 g/mol. The Hall–Kier alpha value is -1.39. The molecule has 2 saturated heterocycles. The molecule has 0 bridgehead atoms. The van der Waals surface area contributed by atoms with Gasteiger partial charge >= 0.3 is 5.97 Å². The van der Waals surface area contributed by atoms with Crippen LogP contribution in [0.25, 0.3) is 0 Å². The lowest BCUT2D eigenvalue weighted by Crippen LogP contribution is -2.45. The number of nitrogens with zero attached hydrogens (tertiary/aromatic N) is 2. The topological polar surface area (TPSA) is 43.8 Å². The van der Waals surface area contributed by atoms with Crippen molar-refractivity contribution in [3.05, 3.63) is 35.4 Å². The van der Waals surface area contributed by atoms with Crippen LogP contribution >= 0.6 is 0 Å². The molecule has 4 nitrogen and oxygen atoms in total. The molecule has 4 heteroatoms. The highest BCUT2D eigenvalue weighted by Gasteiger charge is 2.37. The van der Waals surface area contributed by atoms with Gasteiger partial charge in [-0.3, -0.25) is 9.80 Å². The number of fused-ring (bicyclic) bond motifs is 1. The van der Waals surface area contributed by atoms with Gasteiger partial charge in [-0.25, -0.2) is 4.79 Å². The number of hydrogen-bond donors (Lipinski definition) is 1. The molecule has 1 N–H and O–H groups in total. The molecular formula is C17H24N2O2. The van der Waals surface area contributed by atoms with E-state index in [4.69, 9.17) is 5.11 Å². The number of rotatable bonds is 4. The lowest BCUT2D eigenvalue weighted by Gasteiger charge is -2.36. The molecule has 0 radical (unpaired) electrons. The summed E-state index contributed by atoms with van der Waals surface area (Å²) in [5, 5.41) is 8.94. The molecule has 21 heavy (non-hydrogen) atoms. The summed E-state index contributed by atoms with van der Waals surface area (Å²) >= 11 is 0. The van der Waals surface area contributed by atoms with E-state index in [0.717, 1.165) is 12.6 Å². The fourth-order valence-corrected chi connectivity index (χ4v) is 3.89. The van der Waals surface area contributed by atoms with Crippen molar-refractivity contribution in [3.63, 3.8) is 0 Å². The molecule has 0 spiro atoms. The normalized spacial score (nSPS) is 26.0.